The van der Waals surface area contributed by atoms with E-state index < -0.39 is 9.85 Å². The highest BCUT2D eigenvalue weighted by molar-refractivity contribution is 6.62. The number of hydrogen-bond donors (Lipinski definition) is 3. The number of amides is 1. The molecule has 0 bridgehead atoms. The minimum absolute atomic E-state index is 0.0700. The van der Waals surface area contributed by atoms with Gasteiger partial charge in [0.1, 0.15) is 0 Å². The number of nitrogens with one attached hydrogen (secondary N) is 2. The van der Waals surface area contributed by atoms with E-state index >= 15 is 0 Å². The fourth-order valence-electron chi connectivity index (χ4n) is 8.82. The number of nitrogens with two attached hydrogens (primary N) is 1. The molecule has 8 aromatic carbocycles. The first-order valence-corrected chi connectivity index (χ1v) is 27.9. The van der Waals surface area contributed by atoms with Crippen molar-refractivity contribution in [1.29, 1.82) is 0 Å². The zero-order valence-corrected chi connectivity index (χ0v) is 50.4. The Morgan fingerprint density at radius 3 is 1.08 bits per heavy atom. The monoisotopic (exact) mass is 1210 g/mol. The van der Waals surface area contributed by atoms with Gasteiger partial charge in [-0.25, -0.2) is 0 Å². The number of halogens is 2. The molecule has 0 spiro atoms. The number of aromatic nitrogens is 4. The van der Waals surface area contributed by atoms with Gasteiger partial charge < -0.3 is 31.1 Å². The highest BCUT2D eigenvalue weighted by atomic mass is 35.5. The number of benzene rings is 8. The average Bonchev–Trinajstić information content (AvgIpc) is 2.45. The molecule has 88 heavy (non-hydrogen) atoms. The zero-order chi connectivity index (χ0) is 63.1. The minimum atomic E-state index is -0.417. The molecule has 0 unspecified atom stereocenters. The topological polar surface area (TPSA) is 232 Å². The van der Waals surface area contributed by atoms with Crippen molar-refractivity contribution >= 4 is 140 Å². The SMILES string of the molecule is CC(=O)Cl.CC(=O)Nc1ccc(N(C)c2cncc3ccccc23)cc1.CN(c1ccc(N)cc1)c1cncc2ccccc12.CN(c1ccc([N+](=O)[O-])cc1)c1cncc2ccccc12.CNc1ccc([N+](=O)[O-])cc1.Clc1cncc2ccccc12. The number of carbonyl (C=O) groups is 2. The number of nitro benzene ring substituents is 2. The van der Waals surface area contributed by atoms with Crippen molar-refractivity contribution in [3.63, 3.8) is 0 Å². The lowest BCUT2D eigenvalue weighted by Gasteiger charge is -2.21. The second-order valence-electron chi connectivity index (χ2n) is 19.3. The van der Waals surface area contributed by atoms with E-state index in [-0.39, 0.29) is 22.5 Å². The van der Waals surface area contributed by atoms with Crippen molar-refractivity contribution in [1.82, 2.24) is 19.9 Å². The minimum Gasteiger partial charge on any atom is -0.399 e. The van der Waals surface area contributed by atoms with E-state index in [2.05, 4.69) is 76.2 Å². The third-order valence-electron chi connectivity index (χ3n) is 13.3. The van der Waals surface area contributed by atoms with Crippen LogP contribution in [0.15, 0.2) is 244 Å². The highest BCUT2D eigenvalue weighted by Crippen LogP contribution is 2.34. The van der Waals surface area contributed by atoms with Gasteiger partial charge in [0.05, 0.1) is 50.5 Å². The maximum absolute atomic E-state index is 11.1. The second kappa shape index (κ2) is 31.7. The normalized spacial score (nSPS) is 10.1. The van der Waals surface area contributed by atoms with Gasteiger partial charge in [-0.3, -0.25) is 49.8 Å². The molecule has 4 N–H and O–H groups in total. The van der Waals surface area contributed by atoms with Crippen LogP contribution in [0.1, 0.15) is 13.8 Å². The van der Waals surface area contributed by atoms with Crippen molar-refractivity contribution in [2.75, 3.05) is 59.3 Å². The summed E-state index contributed by atoms with van der Waals surface area (Å²) in [6, 6.07) is 60.7. The molecule has 20 heteroatoms. The molecule has 0 fully saturated rings. The molecule has 4 heterocycles. The van der Waals surface area contributed by atoms with Crippen LogP contribution in [0, 0.1) is 20.2 Å². The summed E-state index contributed by atoms with van der Waals surface area (Å²) in [5, 5.41) is 35.8. The van der Waals surface area contributed by atoms with Gasteiger partial charge in [-0.05, 0) is 84.4 Å². The summed E-state index contributed by atoms with van der Waals surface area (Å²) in [6.07, 6.45) is 14.6. The van der Waals surface area contributed by atoms with Gasteiger partial charge in [-0.1, -0.05) is 109 Å². The van der Waals surface area contributed by atoms with E-state index in [1.165, 1.54) is 43.5 Å². The van der Waals surface area contributed by atoms with E-state index in [4.69, 9.17) is 17.3 Å². The van der Waals surface area contributed by atoms with Gasteiger partial charge in [0, 0.05) is 175 Å². The summed E-state index contributed by atoms with van der Waals surface area (Å²) in [5.41, 5.74) is 14.5. The average molecular weight is 1210 g/mol. The quantitative estimate of drug-likeness (QED) is 0.0500. The summed E-state index contributed by atoms with van der Waals surface area (Å²) in [7, 11) is 7.73. The van der Waals surface area contributed by atoms with Crippen LogP contribution in [0.25, 0.3) is 43.1 Å². The molecule has 444 valence electrons. The van der Waals surface area contributed by atoms with Gasteiger partial charge in [0.15, 0.2) is 0 Å². The molecule has 12 rings (SSSR count). The van der Waals surface area contributed by atoms with Crippen molar-refractivity contribution in [2.45, 2.75) is 13.8 Å². The predicted molar refractivity (Wildman–Crippen MR) is 360 cm³/mol. The van der Waals surface area contributed by atoms with Gasteiger partial charge in [0.2, 0.25) is 11.1 Å². The fraction of sp³-hybridized carbons (Fsp3) is 0.0882. The molecular formula is C68H62Cl2N12O6. The van der Waals surface area contributed by atoms with Crippen LogP contribution < -0.4 is 31.1 Å². The first kappa shape index (κ1) is 64.5. The first-order valence-electron chi connectivity index (χ1n) is 27.2. The Hall–Kier alpha value is -11.1. The lowest BCUT2D eigenvalue weighted by atomic mass is 10.1. The standard InChI is InChI=1S/C18H17N3O.C16H13N3O2.C16H15N3.C9H6ClN.C7H8N2O2.C2H3ClO/c1-13(22)20-15-7-9-16(10-8-15)21(2)18-12-19-11-14-5-3-4-6-17(14)18;1-18(13-6-8-14(9-7-13)19(20)21)16-11-17-10-12-4-2-3-5-15(12)16;1-19(14-8-6-13(17)7-9-14)16-11-18-10-12-4-2-3-5-15(12)16;10-9-6-11-5-7-3-1-2-4-8(7)9;1-8-6-2-4-7(5-3-6)9(10)11;1-2(3)4/h3-12H,1-2H3,(H,20,22);2-11H,1H3;2-11H,17H2,1H3;1-6H;2-5,8H,1H3;1H3. The number of pyridine rings is 4. The number of fused-ring (bicyclic) bond motifs is 4. The molecule has 18 nitrogen and oxygen atoms in total. The number of non-ortho nitro benzene ring substituents is 2. The van der Waals surface area contributed by atoms with Crippen LogP contribution in [0.3, 0.4) is 0 Å². The summed E-state index contributed by atoms with van der Waals surface area (Å²) in [5.74, 6) is -0.0700. The van der Waals surface area contributed by atoms with Crippen LogP contribution in [-0.2, 0) is 9.59 Å². The number of nitro groups is 2. The first-order chi connectivity index (χ1) is 42.4. The van der Waals surface area contributed by atoms with Gasteiger partial charge >= 0.3 is 0 Å². The maximum atomic E-state index is 11.1. The number of nitrogen functional groups attached to an aromatic ring is 1. The predicted octanol–water partition coefficient (Wildman–Crippen LogP) is 16.8. The fourth-order valence-corrected chi connectivity index (χ4v) is 9.05. The summed E-state index contributed by atoms with van der Waals surface area (Å²) < 4.78 is 0. The Bertz CT molecular complexity index is 4270. The smallest absolute Gasteiger partial charge is 0.269 e. The van der Waals surface area contributed by atoms with Gasteiger partial charge in [-0.2, -0.15) is 0 Å². The van der Waals surface area contributed by atoms with Crippen LogP contribution in [-0.4, -0.2) is 69.1 Å². The van der Waals surface area contributed by atoms with Crippen molar-refractivity contribution in [2.24, 2.45) is 0 Å². The van der Waals surface area contributed by atoms with Crippen molar-refractivity contribution in [3.8, 4) is 0 Å². The van der Waals surface area contributed by atoms with Gasteiger partial charge in [0.25, 0.3) is 11.4 Å². The van der Waals surface area contributed by atoms with Crippen LogP contribution in [0.2, 0.25) is 5.02 Å². The molecule has 0 atom stereocenters. The summed E-state index contributed by atoms with van der Waals surface area (Å²) >= 11 is 10.5. The Morgan fingerprint density at radius 2 is 0.739 bits per heavy atom. The molecule has 0 radical (unpaired) electrons. The Morgan fingerprint density at radius 1 is 0.443 bits per heavy atom. The van der Waals surface area contributed by atoms with Crippen LogP contribution >= 0.6 is 23.2 Å². The number of carbonyl (C=O) groups excluding carboxylic acids is 2. The number of nitrogens with zero attached hydrogens (tertiary/aromatic N) is 9. The molecule has 0 saturated heterocycles. The van der Waals surface area contributed by atoms with Gasteiger partial charge in [-0.15, -0.1) is 0 Å². The lowest BCUT2D eigenvalue weighted by molar-refractivity contribution is -0.385. The second-order valence-corrected chi connectivity index (χ2v) is 20.2. The number of anilines is 9. The third-order valence-corrected chi connectivity index (χ3v) is 13.6. The third kappa shape index (κ3) is 18.0. The molecule has 0 aliphatic carbocycles. The largest absolute Gasteiger partial charge is 0.399 e. The summed E-state index contributed by atoms with van der Waals surface area (Å²) in [6.45, 7) is 2.80. The number of rotatable bonds is 10. The molecule has 1 amide bonds. The molecule has 0 aliphatic heterocycles. The summed E-state index contributed by atoms with van der Waals surface area (Å²) in [4.78, 5) is 63.4. The van der Waals surface area contributed by atoms with E-state index in [0.717, 1.165) is 88.9 Å². The van der Waals surface area contributed by atoms with Crippen LogP contribution in [0.5, 0.6) is 0 Å². The van der Waals surface area contributed by atoms with Crippen molar-refractivity contribution < 1.29 is 19.4 Å². The van der Waals surface area contributed by atoms with E-state index in [1.54, 1.807) is 49.9 Å². The highest BCUT2D eigenvalue weighted by Gasteiger charge is 2.13. The van der Waals surface area contributed by atoms with Crippen molar-refractivity contribution in [3.05, 3.63) is 269 Å². The molecular weight excluding hydrogens is 1150 g/mol. The van der Waals surface area contributed by atoms with Crippen LogP contribution in [0.4, 0.5) is 62.6 Å². The van der Waals surface area contributed by atoms with E-state index in [9.17, 15) is 29.8 Å². The Labute approximate surface area is 518 Å². The maximum Gasteiger partial charge on any atom is 0.269 e. The Kier molecular flexibility index (Phi) is 23.2. The van der Waals surface area contributed by atoms with E-state index in [0.29, 0.717) is 5.02 Å². The molecule has 0 saturated carbocycles. The number of hydrogen-bond acceptors (Lipinski definition) is 15. The lowest BCUT2D eigenvalue weighted by Crippen LogP contribution is -2.11. The van der Waals surface area contributed by atoms with E-state index in [1.807, 2.05) is 178 Å². The molecule has 0 aliphatic rings. The molecule has 4 aromatic heterocycles. The molecule has 12 aromatic rings. The Balaban J connectivity index is 0.000000158. The zero-order valence-electron chi connectivity index (χ0n) is 48.9.